The summed E-state index contributed by atoms with van der Waals surface area (Å²) in [4.78, 5) is 0. The molecule has 0 radical (unpaired) electrons. The number of hydrogen-bond donors (Lipinski definition) is 2. The Kier molecular flexibility index (Phi) is 7.97. The van der Waals surface area contributed by atoms with Crippen LogP contribution < -0.4 is 10.5 Å². The lowest BCUT2D eigenvalue weighted by molar-refractivity contribution is 0.392. The molecule has 98 valence electrons. The maximum atomic E-state index is 11.5. The van der Waals surface area contributed by atoms with E-state index in [2.05, 4.69) is 18.6 Å². The van der Waals surface area contributed by atoms with Gasteiger partial charge in [-0.05, 0) is 12.3 Å². The molecule has 0 amide bonds. The van der Waals surface area contributed by atoms with Gasteiger partial charge < -0.3 is 5.73 Å². The molecule has 1 unspecified atom stereocenters. The monoisotopic (exact) mass is 250 g/mol. The van der Waals surface area contributed by atoms with E-state index >= 15 is 0 Å². The van der Waals surface area contributed by atoms with Crippen LogP contribution in [0.3, 0.4) is 0 Å². The summed E-state index contributed by atoms with van der Waals surface area (Å²) in [7, 11) is -3.12. The van der Waals surface area contributed by atoms with Crippen molar-refractivity contribution in [2.75, 3.05) is 12.3 Å². The maximum absolute atomic E-state index is 11.5. The van der Waals surface area contributed by atoms with Gasteiger partial charge in [-0.15, -0.1) is 0 Å². The fourth-order valence-electron chi connectivity index (χ4n) is 1.69. The zero-order valence-corrected chi connectivity index (χ0v) is 11.5. The molecule has 16 heavy (non-hydrogen) atoms. The summed E-state index contributed by atoms with van der Waals surface area (Å²) in [6, 6.07) is -0.0774. The number of sulfonamides is 1. The molecular formula is C11H26N2O2S. The van der Waals surface area contributed by atoms with Crippen molar-refractivity contribution in [3.8, 4) is 0 Å². The Morgan fingerprint density at radius 1 is 1.19 bits per heavy atom. The third kappa shape index (κ3) is 6.45. The zero-order chi connectivity index (χ0) is 12.6. The van der Waals surface area contributed by atoms with Gasteiger partial charge in [0.05, 0.1) is 5.75 Å². The second-order valence-corrected chi connectivity index (χ2v) is 6.19. The van der Waals surface area contributed by atoms with Crippen molar-refractivity contribution in [3.63, 3.8) is 0 Å². The van der Waals surface area contributed by atoms with Crippen LogP contribution in [0.2, 0.25) is 0 Å². The van der Waals surface area contributed by atoms with Gasteiger partial charge in [0.2, 0.25) is 10.0 Å². The van der Waals surface area contributed by atoms with Gasteiger partial charge in [0, 0.05) is 12.6 Å². The van der Waals surface area contributed by atoms with Crippen LogP contribution in [0, 0.1) is 5.92 Å². The smallest absolute Gasteiger partial charge is 0.211 e. The van der Waals surface area contributed by atoms with Gasteiger partial charge in [-0.1, -0.05) is 40.0 Å². The van der Waals surface area contributed by atoms with Crippen LogP contribution in [0.5, 0.6) is 0 Å². The van der Waals surface area contributed by atoms with Crippen LogP contribution in [-0.4, -0.2) is 26.8 Å². The van der Waals surface area contributed by atoms with Crippen LogP contribution in [-0.2, 0) is 10.0 Å². The Hall–Kier alpha value is -0.130. The van der Waals surface area contributed by atoms with Crippen LogP contribution >= 0.6 is 0 Å². The first-order chi connectivity index (χ1) is 7.46. The molecule has 0 aliphatic rings. The van der Waals surface area contributed by atoms with E-state index in [9.17, 15) is 8.42 Å². The molecule has 0 saturated heterocycles. The molecule has 0 aromatic heterocycles. The fourth-order valence-corrected chi connectivity index (χ4v) is 2.95. The summed E-state index contributed by atoms with van der Waals surface area (Å²) in [5.74, 6) is 0.605. The van der Waals surface area contributed by atoms with E-state index in [0.717, 1.165) is 19.3 Å². The van der Waals surface area contributed by atoms with Crippen molar-refractivity contribution in [2.45, 2.75) is 52.5 Å². The molecule has 0 aliphatic carbocycles. The van der Waals surface area contributed by atoms with Crippen LogP contribution in [0.1, 0.15) is 46.5 Å². The highest BCUT2D eigenvalue weighted by molar-refractivity contribution is 7.89. The summed E-state index contributed by atoms with van der Waals surface area (Å²) in [6.45, 7) is 6.50. The Morgan fingerprint density at radius 3 is 2.19 bits per heavy atom. The number of hydrogen-bond acceptors (Lipinski definition) is 3. The Labute approximate surface area is 100 Å². The SMILES string of the molecule is CCCCS(=O)(=O)NCC(N)C(CC)CC. The minimum Gasteiger partial charge on any atom is -0.326 e. The van der Waals surface area contributed by atoms with Crippen molar-refractivity contribution < 1.29 is 8.42 Å². The van der Waals surface area contributed by atoms with Gasteiger partial charge >= 0.3 is 0 Å². The summed E-state index contributed by atoms with van der Waals surface area (Å²) in [6.07, 6.45) is 3.58. The quantitative estimate of drug-likeness (QED) is 0.651. The van der Waals surface area contributed by atoms with Crippen molar-refractivity contribution >= 4 is 10.0 Å². The summed E-state index contributed by atoms with van der Waals surface area (Å²) in [5, 5.41) is 0. The van der Waals surface area contributed by atoms with E-state index in [0.29, 0.717) is 18.9 Å². The average Bonchev–Trinajstić information content (AvgIpc) is 2.25. The third-order valence-electron chi connectivity index (χ3n) is 2.96. The molecular weight excluding hydrogens is 224 g/mol. The van der Waals surface area contributed by atoms with Crippen LogP contribution in [0.15, 0.2) is 0 Å². The topological polar surface area (TPSA) is 72.2 Å². The highest BCUT2D eigenvalue weighted by atomic mass is 32.2. The molecule has 3 N–H and O–H groups in total. The first-order valence-electron chi connectivity index (χ1n) is 6.19. The minimum absolute atomic E-state index is 0.0774. The van der Waals surface area contributed by atoms with Crippen LogP contribution in [0.4, 0.5) is 0 Å². The Bertz CT molecular complexity index is 261. The standard InChI is InChI=1S/C11H26N2O2S/c1-4-7-8-16(14,15)13-9-11(12)10(5-2)6-3/h10-11,13H,4-9,12H2,1-3H3. The van der Waals surface area contributed by atoms with Gasteiger partial charge in [-0.2, -0.15) is 0 Å². The third-order valence-corrected chi connectivity index (χ3v) is 4.39. The highest BCUT2D eigenvalue weighted by Crippen LogP contribution is 2.10. The van der Waals surface area contributed by atoms with Gasteiger partial charge in [-0.3, -0.25) is 0 Å². The molecule has 0 fully saturated rings. The van der Waals surface area contributed by atoms with Gasteiger partial charge in [0.25, 0.3) is 0 Å². The van der Waals surface area contributed by atoms with Gasteiger partial charge in [0.1, 0.15) is 0 Å². The largest absolute Gasteiger partial charge is 0.326 e. The van der Waals surface area contributed by atoms with Crippen molar-refractivity contribution in [2.24, 2.45) is 11.7 Å². The number of rotatable bonds is 9. The van der Waals surface area contributed by atoms with Gasteiger partial charge in [-0.25, -0.2) is 13.1 Å². The summed E-state index contributed by atoms with van der Waals surface area (Å²) in [5.41, 5.74) is 5.95. The molecule has 0 heterocycles. The van der Waals surface area contributed by atoms with E-state index in [1.165, 1.54) is 0 Å². The Balaban J connectivity index is 4.03. The number of nitrogens with two attached hydrogens (primary N) is 1. The molecule has 0 aromatic carbocycles. The predicted octanol–water partition coefficient (Wildman–Crippen LogP) is 1.47. The normalized spacial score (nSPS) is 14.3. The summed E-state index contributed by atoms with van der Waals surface area (Å²) < 4.78 is 25.6. The van der Waals surface area contributed by atoms with Crippen LogP contribution in [0.25, 0.3) is 0 Å². The predicted molar refractivity (Wildman–Crippen MR) is 68.7 cm³/mol. The lowest BCUT2D eigenvalue weighted by atomic mass is 9.95. The Morgan fingerprint density at radius 2 is 1.75 bits per heavy atom. The van der Waals surface area contributed by atoms with Crippen molar-refractivity contribution in [3.05, 3.63) is 0 Å². The average molecular weight is 250 g/mol. The molecule has 5 heteroatoms. The van der Waals surface area contributed by atoms with E-state index in [1.54, 1.807) is 0 Å². The second-order valence-electron chi connectivity index (χ2n) is 4.26. The summed E-state index contributed by atoms with van der Waals surface area (Å²) >= 11 is 0. The molecule has 0 aliphatic heterocycles. The van der Waals surface area contributed by atoms with Crippen molar-refractivity contribution in [1.82, 2.24) is 4.72 Å². The highest BCUT2D eigenvalue weighted by Gasteiger charge is 2.17. The molecule has 1 atom stereocenters. The molecule has 0 aromatic rings. The van der Waals surface area contributed by atoms with E-state index < -0.39 is 10.0 Å². The first-order valence-corrected chi connectivity index (χ1v) is 7.84. The molecule has 4 nitrogen and oxygen atoms in total. The fraction of sp³-hybridized carbons (Fsp3) is 1.00. The van der Waals surface area contributed by atoms with Crippen molar-refractivity contribution in [1.29, 1.82) is 0 Å². The first kappa shape index (κ1) is 15.9. The minimum atomic E-state index is -3.12. The van der Waals surface area contributed by atoms with E-state index in [4.69, 9.17) is 5.73 Å². The zero-order valence-electron chi connectivity index (χ0n) is 10.7. The molecule has 0 bridgehead atoms. The number of nitrogens with one attached hydrogen (secondary N) is 1. The van der Waals surface area contributed by atoms with E-state index in [1.807, 2.05) is 6.92 Å². The van der Waals surface area contributed by atoms with E-state index in [-0.39, 0.29) is 11.8 Å². The van der Waals surface area contributed by atoms with Gasteiger partial charge in [0.15, 0.2) is 0 Å². The second kappa shape index (κ2) is 8.03. The molecule has 0 saturated carbocycles. The maximum Gasteiger partial charge on any atom is 0.211 e. The lowest BCUT2D eigenvalue weighted by Crippen LogP contribution is -2.42. The molecule has 0 rings (SSSR count). The molecule has 0 spiro atoms. The lowest BCUT2D eigenvalue weighted by Gasteiger charge is -2.21. The number of unbranched alkanes of at least 4 members (excludes halogenated alkanes) is 1.